The summed E-state index contributed by atoms with van der Waals surface area (Å²) >= 11 is 0. The second kappa shape index (κ2) is 7.93. The number of carbonyl (C=O) groups is 2. The third-order valence-electron chi connectivity index (χ3n) is 4.81. The molecule has 1 amide bonds. The van der Waals surface area contributed by atoms with Gasteiger partial charge >= 0.3 is 0 Å². The summed E-state index contributed by atoms with van der Waals surface area (Å²) in [7, 11) is 0. The topological polar surface area (TPSA) is 49.4 Å². The largest absolute Gasteiger partial charge is 0.348 e. The molecule has 0 aliphatic carbocycles. The van der Waals surface area contributed by atoms with Gasteiger partial charge in [0.2, 0.25) is 5.78 Å². The summed E-state index contributed by atoms with van der Waals surface area (Å²) in [6, 6.07) is 7.34. The molecule has 0 aromatic heterocycles. The van der Waals surface area contributed by atoms with Gasteiger partial charge in [-0.2, -0.15) is 0 Å². The van der Waals surface area contributed by atoms with E-state index >= 15 is 0 Å². The van der Waals surface area contributed by atoms with Crippen molar-refractivity contribution in [1.82, 2.24) is 10.2 Å². The van der Waals surface area contributed by atoms with Crippen LogP contribution in [0, 0.1) is 5.92 Å². The van der Waals surface area contributed by atoms with E-state index in [9.17, 15) is 9.59 Å². The van der Waals surface area contributed by atoms with Gasteiger partial charge in [-0.1, -0.05) is 52.0 Å². The zero-order chi connectivity index (χ0) is 17.7. The summed E-state index contributed by atoms with van der Waals surface area (Å²) in [5.74, 6) is -0.167. The van der Waals surface area contributed by atoms with Crippen LogP contribution >= 0.6 is 0 Å². The van der Waals surface area contributed by atoms with Crippen LogP contribution in [0.25, 0.3) is 0 Å². The number of rotatable bonds is 5. The molecule has 24 heavy (non-hydrogen) atoms. The first-order valence-electron chi connectivity index (χ1n) is 8.93. The number of hydrogen-bond donors (Lipinski definition) is 1. The molecule has 132 valence electrons. The van der Waals surface area contributed by atoms with E-state index in [1.807, 2.05) is 12.1 Å². The maximum Gasteiger partial charge on any atom is 0.292 e. The number of benzene rings is 1. The number of likely N-dealkylation sites (tertiary alicyclic amines) is 1. The maximum absolute atomic E-state index is 12.2. The van der Waals surface area contributed by atoms with Crippen LogP contribution in [-0.2, 0) is 10.2 Å². The van der Waals surface area contributed by atoms with Gasteiger partial charge in [-0.15, -0.1) is 0 Å². The highest BCUT2D eigenvalue weighted by Gasteiger charge is 2.19. The van der Waals surface area contributed by atoms with E-state index in [2.05, 4.69) is 37.9 Å². The fourth-order valence-electron chi connectivity index (χ4n) is 2.95. The van der Waals surface area contributed by atoms with Crippen molar-refractivity contribution in [2.45, 2.75) is 46.0 Å². The van der Waals surface area contributed by atoms with E-state index in [1.165, 1.54) is 12.8 Å². The van der Waals surface area contributed by atoms with E-state index in [4.69, 9.17) is 0 Å². The standard InChI is InChI=1S/C20H30N2O2/c1-15-9-12-22(13-10-15)14-11-21-19(24)18(23)16-5-7-17(8-6-16)20(2,3)4/h5-8,15H,9-14H2,1-4H3,(H,21,24). The number of ketones is 1. The molecule has 0 radical (unpaired) electrons. The first kappa shape index (κ1) is 18.7. The van der Waals surface area contributed by atoms with Crippen molar-refractivity contribution in [2.24, 2.45) is 5.92 Å². The monoisotopic (exact) mass is 330 g/mol. The number of amides is 1. The van der Waals surface area contributed by atoms with Crippen molar-refractivity contribution in [3.05, 3.63) is 35.4 Å². The molecule has 0 saturated carbocycles. The SMILES string of the molecule is CC1CCN(CCNC(=O)C(=O)c2ccc(C(C)(C)C)cc2)CC1. The Morgan fingerprint density at radius 3 is 2.25 bits per heavy atom. The molecule has 2 rings (SSSR count). The molecule has 0 bridgehead atoms. The van der Waals surface area contributed by atoms with Gasteiger partial charge in [0.1, 0.15) is 0 Å². The molecule has 0 atom stereocenters. The molecule has 4 nitrogen and oxygen atoms in total. The number of piperidine rings is 1. The van der Waals surface area contributed by atoms with Crippen LogP contribution in [0.5, 0.6) is 0 Å². The molecule has 1 aromatic carbocycles. The van der Waals surface area contributed by atoms with Crippen molar-refractivity contribution in [1.29, 1.82) is 0 Å². The molecular weight excluding hydrogens is 300 g/mol. The van der Waals surface area contributed by atoms with Crippen LogP contribution in [0.4, 0.5) is 0 Å². The quantitative estimate of drug-likeness (QED) is 0.667. The highest BCUT2D eigenvalue weighted by atomic mass is 16.2. The minimum Gasteiger partial charge on any atom is -0.348 e. The minimum atomic E-state index is -0.510. The van der Waals surface area contributed by atoms with Gasteiger partial charge in [-0.05, 0) is 42.8 Å². The highest BCUT2D eigenvalue weighted by molar-refractivity contribution is 6.42. The van der Waals surface area contributed by atoms with Gasteiger partial charge in [-0.25, -0.2) is 0 Å². The maximum atomic E-state index is 12.2. The Morgan fingerprint density at radius 1 is 1.12 bits per heavy atom. The van der Waals surface area contributed by atoms with Crippen molar-refractivity contribution < 1.29 is 9.59 Å². The first-order valence-corrected chi connectivity index (χ1v) is 8.93. The Morgan fingerprint density at radius 2 is 1.71 bits per heavy atom. The summed E-state index contributed by atoms with van der Waals surface area (Å²) in [6.07, 6.45) is 2.43. The molecular formula is C20H30N2O2. The number of carbonyl (C=O) groups excluding carboxylic acids is 2. The molecule has 1 aliphatic rings. The van der Waals surface area contributed by atoms with E-state index in [-0.39, 0.29) is 5.41 Å². The number of hydrogen-bond acceptors (Lipinski definition) is 3. The highest BCUT2D eigenvalue weighted by Crippen LogP contribution is 2.22. The van der Waals surface area contributed by atoms with E-state index < -0.39 is 11.7 Å². The van der Waals surface area contributed by atoms with Crippen LogP contribution in [0.3, 0.4) is 0 Å². The lowest BCUT2D eigenvalue weighted by molar-refractivity contribution is -0.117. The van der Waals surface area contributed by atoms with E-state index in [0.29, 0.717) is 12.1 Å². The summed E-state index contributed by atoms with van der Waals surface area (Å²) in [6.45, 7) is 12.2. The molecule has 1 aliphatic heterocycles. The second-order valence-corrected chi connectivity index (χ2v) is 7.94. The molecule has 1 aromatic rings. The van der Waals surface area contributed by atoms with Gasteiger partial charge in [0.05, 0.1) is 0 Å². The number of Topliss-reactive ketones (excluding diaryl/α,β-unsaturated/α-hetero) is 1. The molecule has 1 saturated heterocycles. The molecule has 1 heterocycles. The van der Waals surface area contributed by atoms with Gasteiger partial charge < -0.3 is 10.2 Å². The lowest BCUT2D eigenvalue weighted by atomic mass is 9.86. The first-order chi connectivity index (χ1) is 11.3. The second-order valence-electron chi connectivity index (χ2n) is 7.94. The predicted octanol–water partition coefficient (Wildman–Crippen LogP) is 3.01. The Hall–Kier alpha value is -1.68. The Bertz CT molecular complexity index is 564. The summed E-state index contributed by atoms with van der Waals surface area (Å²) in [5.41, 5.74) is 1.64. The van der Waals surface area contributed by atoms with Crippen LogP contribution in [-0.4, -0.2) is 42.8 Å². The Balaban J connectivity index is 1.80. The predicted molar refractivity (Wildman–Crippen MR) is 97.3 cm³/mol. The zero-order valence-electron chi connectivity index (χ0n) is 15.4. The molecule has 4 heteroatoms. The Kier molecular flexibility index (Phi) is 6.16. The van der Waals surface area contributed by atoms with Crippen LogP contribution in [0.2, 0.25) is 0 Å². The van der Waals surface area contributed by atoms with Gasteiger partial charge in [0.15, 0.2) is 0 Å². The summed E-state index contributed by atoms with van der Waals surface area (Å²) < 4.78 is 0. The molecule has 0 unspecified atom stereocenters. The van der Waals surface area contributed by atoms with Crippen LogP contribution < -0.4 is 5.32 Å². The third kappa shape index (κ3) is 5.17. The average Bonchev–Trinajstić information content (AvgIpc) is 2.55. The average molecular weight is 330 g/mol. The van der Waals surface area contributed by atoms with E-state index in [0.717, 1.165) is 31.1 Å². The van der Waals surface area contributed by atoms with Crippen molar-refractivity contribution in [2.75, 3.05) is 26.2 Å². The Labute approximate surface area is 145 Å². The number of nitrogens with zero attached hydrogens (tertiary/aromatic N) is 1. The fourth-order valence-corrected chi connectivity index (χ4v) is 2.95. The van der Waals surface area contributed by atoms with Crippen LogP contribution in [0.1, 0.15) is 56.5 Å². The van der Waals surface area contributed by atoms with Crippen LogP contribution in [0.15, 0.2) is 24.3 Å². The van der Waals surface area contributed by atoms with E-state index in [1.54, 1.807) is 12.1 Å². The van der Waals surface area contributed by atoms with Crippen molar-refractivity contribution >= 4 is 11.7 Å². The minimum absolute atomic E-state index is 0.0375. The lowest BCUT2D eigenvalue weighted by Gasteiger charge is -2.30. The third-order valence-corrected chi connectivity index (χ3v) is 4.81. The van der Waals surface area contributed by atoms with Gasteiger partial charge in [-0.3, -0.25) is 9.59 Å². The summed E-state index contributed by atoms with van der Waals surface area (Å²) in [5, 5.41) is 2.75. The van der Waals surface area contributed by atoms with Crippen molar-refractivity contribution in [3.8, 4) is 0 Å². The normalized spacial score (nSPS) is 16.8. The summed E-state index contributed by atoms with van der Waals surface area (Å²) in [4.78, 5) is 26.6. The van der Waals surface area contributed by atoms with Gasteiger partial charge in [0.25, 0.3) is 5.91 Å². The van der Waals surface area contributed by atoms with Gasteiger partial charge in [0, 0.05) is 18.7 Å². The fraction of sp³-hybridized carbons (Fsp3) is 0.600. The zero-order valence-corrected chi connectivity index (χ0v) is 15.4. The number of nitrogens with one attached hydrogen (secondary N) is 1. The molecule has 0 spiro atoms. The molecule has 1 N–H and O–H groups in total. The molecule has 1 fully saturated rings. The lowest BCUT2D eigenvalue weighted by Crippen LogP contribution is -2.40. The van der Waals surface area contributed by atoms with Crippen molar-refractivity contribution in [3.63, 3.8) is 0 Å². The smallest absolute Gasteiger partial charge is 0.292 e.